The molecule has 61 heavy (non-hydrogen) atoms. The van der Waals surface area contributed by atoms with Gasteiger partial charge in [-0.15, -0.1) is 0 Å². The third kappa shape index (κ3) is 5.60. The van der Waals surface area contributed by atoms with Crippen molar-refractivity contribution in [1.82, 2.24) is 19.1 Å². The van der Waals surface area contributed by atoms with Gasteiger partial charge in [0.15, 0.2) is 0 Å². The van der Waals surface area contributed by atoms with Crippen LogP contribution in [-0.2, 0) is 17.5 Å². The number of pyridine rings is 1. The Bertz CT molecular complexity index is 2990. The second-order valence-electron chi connectivity index (χ2n) is 19.7. The van der Waals surface area contributed by atoms with Gasteiger partial charge in [0.1, 0.15) is 29.8 Å². The Morgan fingerprint density at radius 2 is 1.38 bits per heavy atom. The number of aromatic nitrogens is 4. The van der Waals surface area contributed by atoms with Gasteiger partial charge in [-0.05, 0) is 146 Å². The smallest absolute Gasteiger partial charge is 0.144 e. The molecule has 13 rings (SSSR count). The molecule has 4 saturated carbocycles. The zero-order chi connectivity index (χ0) is 41.2. The monoisotopic (exact) mass is 799 g/mol. The number of hydrogen-bond acceptors (Lipinski definition) is 4. The minimum absolute atomic E-state index is 0.001000. The quantitative estimate of drug-likeness (QED) is 0.168. The van der Waals surface area contributed by atoms with E-state index in [9.17, 15) is 0 Å². The number of anilines is 2. The minimum atomic E-state index is -0.0997. The van der Waals surface area contributed by atoms with Crippen molar-refractivity contribution in [2.24, 2.45) is 23.7 Å². The van der Waals surface area contributed by atoms with Crippen LogP contribution in [0, 0.1) is 37.5 Å². The van der Waals surface area contributed by atoms with Crippen molar-refractivity contribution in [3.05, 3.63) is 162 Å². The standard InChI is InChI=1S/C55H53N5O/c1-34-35(2)58-33-59(49-17-11-10-16-48(49)53(58)57-34)43-28-40(54(3,4)5)29-45(31-43)61-44-19-20-47-46-15-9-12-18-50(46)60(51(47)32-44)52-30-39(21-22-56-52)55(38-13-7-6-8-14-38)41-24-36-23-37(26-41)27-42(55)25-36/h6-22,28-32,36-37,41-42H,23-27,33H2,1-5H3. The van der Waals surface area contributed by atoms with Gasteiger partial charge < -0.3 is 14.2 Å². The van der Waals surface area contributed by atoms with E-state index in [2.05, 4.69) is 182 Å². The van der Waals surface area contributed by atoms with Crippen LogP contribution < -0.4 is 9.64 Å². The van der Waals surface area contributed by atoms with Crippen LogP contribution in [0.25, 0.3) is 39.0 Å². The molecule has 0 atom stereocenters. The molecule has 0 N–H and O–H groups in total. The Kier molecular flexibility index (Phi) is 8.08. The maximum atomic E-state index is 7.00. The predicted octanol–water partition coefficient (Wildman–Crippen LogP) is 13.6. The lowest BCUT2D eigenvalue weighted by Gasteiger charge is -2.62. The maximum Gasteiger partial charge on any atom is 0.144 e. The zero-order valence-corrected chi connectivity index (χ0v) is 35.9. The van der Waals surface area contributed by atoms with Crippen LogP contribution in [-0.4, -0.2) is 19.1 Å². The van der Waals surface area contributed by atoms with Gasteiger partial charge in [-0.1, -0.05) is 81.4 Å². The number of aryl methyl sites for hydroxylation is 1. The lowest BCUT2D eigenvalue weighted by molar-refractivity contribution is -0.0418. The number of para-hydroxylation sites is 2. The van der Waals surface area contributed by atoms with Gasteiger partial charge in [0.05, 0.1) is 22.4 Å². The molecule has 4 heterocycles. The van der Waals surface area contributed by atoms with Crippen LogP contribution in [0.5, 0.6) is 11.5 Å². The number of rotatable bonds is 6. The first kappa shape index (κ1) is 36.7. The van der Waals surface area contributed by atoms with Crippen LogP contribution in [0.4, 0.5) is 11.4 Å². The Labute approximate surface area is 358 Å². The van der Waals surface area contributed by atoms with Gasteiger partial charge in [-0.25, -0.2) is 9.97 Å². The van der Waals surface area contributed by atoms with Crippen LogP contribution in [0.1, 0.15) is 81.0 Å². The molecule has 0 spiro atoms. The van der Waals surface area contributed by atoms with Crippen LogP contribution in [0.15, 0.2) is 134 Å². The number of ether oxygens (including phenoxy) is 1. The van der Waals surface area contributed by atoms with Crippen molar-refractivity contribution in [3.63, 3.8) is 0 Å². The molecule has 8 aromatic rings. The molecule has 5 aromatic carbocycles. The number of nitrogens with zero attached hydrogens (tertiary/aromatic N) is 5. The van der Waals surface area contributed by atoms with Gasteiger partial charge in [0.2, 0.25) is 0 Å². The maximum absolute atomic E-state index is 7.00. The van der Waals surface area contributed by atoms with E-state index in [0.29, 0.717) is 18.5 Å². The second kappa shape index (κ2) is 13.4. The Morgan fingerprint density at radius 3 is 2.16 bits per heavy atom. The van der Waals surface area contributed by atoms with E-state index in [0.717, 1.165) is 68.6 Å². The first-order valence-corrected chi connectivity index (χ1v) is 22.4. The molecule has 5 aliphatic rings. The van der Waals surface area contributed by atoms with Gasteiger partial charge in [-0.3, -0.25) is 4.57 Å². The normalized spacial score (nSPS) is 22.8. The number of fused-ring (bicyclic) bond motifs is 6. The van der Waals surface area contributed by atoms with Crippen molar-refractivity contribution in [3.8, 4) is 28.7 Å². The first-order valence-electron chi connectivity index (χ1n) is 22.4. The average Bonchev–Trinajstić information content (AvgIpc) is 3.75. The highest BCUT2D eigenvalue weighted by Gasteiger charge is 2.58. The minimum Gasteiger partial charge on any atom is -0.457 e. The summed E-state index contributed by atoms with van der Waals surface area (Å²) in [6.07, 6.45) is 8.86. The van der Waals surface area contributed by atoms with Gasteiger partial charge in [0, 0.05) is 51.5 Å². The van der Waals surface area contributed by atoms with Gasteiger partial charge >= 0.3 is 0 Å². The summed E-state index contributed by atoms with van der Waals surface area (Å²) in [5.74, 6) is 6.68. The summed E-state index contributed by atoms with van der Waals surface area (Å²) in [6, 6.07) is 47.0. The topological polar surface area (TPSA) is 48.1 Å². The van der Waals surface area contributed by atoms with Gasteiger partial charge in [-0.2, -0.15) is 0 Å². The molecular formula is C55H53N5O. The van der Waals surface area contributed by atoms with Crippen LogP contribution in [0.2, 0.25) is 0 Å². The molecule has 0 radical (unpaired) electrons. The summed E-state index contributed by atoms with van der Waals surface area (Å²) in [5.41, 5.74) is 11.9. The predicted molar refractivity (Wildman–Crippen MR) is 247 cm³/mol. The number of imidazole rings is 1. The third-order valence-electron chi connectivity index (χ3n) is 15.3. The zero-order valence-electron chi connectivity index (χ0n) is 35.9. The summed E-state index contributed by atoms with van der Waals surface area (Å²) >= 11 is 0. The average molecular weight is 800 g/mol. The van der Waals surface area contributed by atoms with Gasteiger partial charge in [0.25, 0.3) is 0 Å². The van der Waals surface area contributed by atoms with Crippen LogP contribution >= 0.6 is 0 Å². The molecule has 4 fully saturated rings. The van der Waals surface area contributed by atoms with E-state index in [1.807, 2.05) is 0 Å². The Balaban J connectivity index is 0.976. The van der Waals surface area contributed by atoms with Crippen molar-refractivity contribution in [2.45, 2.75) is 84.2 Å². The summed E-state index contributed by atoms with van der Waals surface area (Å²) < 4.78 is 11.7. The summed E-state index contributed by atoms with van der Waals surface area (Å²) in [7, 11) is 0. The molecule has 6 heteroatoms. The van der Waals surface area contributed by atoms with E-state index in [4.69, 9.17) is 14.7 Å². The molecule has 304 valence electrons. The Morgan fingerprint density at radius 1 is 0.656 bits per heavy atom. The molecule has 0 amide bonds. The fraction of sp³-hybridized carbons (Fsp3) is 0.309. The summed E-state index contributed by atoms with van der Waals surface area (Å²) in [4.78, 5) is 12.6. The molecule has 0 unspecified atom stereocenters. The largest absolute Gasteiger partial charge is 0.457 e. The number of benzene rings is 5. The first-order chi connectivity index (χ1) is 29.6. The fourth-order valence-electron chi connectivity index (χ4n) is 12.5. The van der Waals surface area contributed by atoms with E-state index in [1.165, 1.54) is 65.3 Å². The molecule has 4 aliphatic carbocycles. The highest BCUT2D eigenvalue weighted by atomic mass is 16.5. The molecular weight excluding hydrogens is 747 g/mol. The third-order valence-corrected chi connectivity index (χ3v) is 15.3. The Hall–Kier alpha value is -6.14. The van der Waals surface area contributed by atoms with Crippen molar-refractivity contribution >= 4 is 33.2 Å². The lowest BCUT2D eigenvalue weighted by atomic mass is 9.42. The van der Waals surface area contributed by atoms with E-state index in [1.54, 1.807) is 0 Å². The second-order valence-corrected chi connectivity index (χ2v) is 19.7. The van der Waals surface area contributed by atoms with Crippen molar-refractivity contribution < 1.29 is 4.74 Å². The van der Waals surface area contributed by atoms with E-state index >= 15 is 0 Å². The SMILES string of the molecule is Cc1nc2n(c1C)CN(c1cc(Oc3ccc4c5ccccc5n(-c5cc(C6(c7ccccc7)C7CC8CC(C7)CC6C8)ccn5)c4c3)cc(C(C)(C)C)c1)c1ccccc1-2. The highest BCUT2D eigenvalue weighted by Crippen LogP contribution is 2.65. The van der Waals surface area contributed by atoms with E-state index in [-0.39, 0.29) is 10.8 Å². The molecule has 0 saturated heterocycles. The molecule has 1 aliphatic heterocycles. The fourth-order valence-corrected chi connectivity index (χ4v) is 12.5. The molecule has 6 nitrogen and oxygen atoms in total. The summed E-state index contributed by atoms with van der Waals surface area (Å²) in [5, 5.41) is 2.41. The lowest BCUT2D eigenvalue weighted by Crippen LogP contribution is -2.56. The van der Waals surface area contributed by atoms with E-state index < -0.39 is 0 Å². The molecule has 3 aromatic heterocycles. The van der Waals surface area contributed by atoms with Crippen LogP contribution in [0.3, 0.4) is 0 Å². The number of hydrogen-bond donors (Lipinski definition) is 0. The van der Waals surface area contributed by atoms with Crippen molar-refractivity contribution in [1.29, 1.82) is 0 Å². The molecule has 4 bridgehead atoms. The highest BCUT2D eigenvalue weighted by molar-refractivity contribution is 6.09. The summed E-state index contributed by atoms with van der Waals surface area (Å²) in [6.45, 7) is 11.8. The van der Waals surface area contributed by atoms with Crippen molar-refractivity contribution in [2.75, 3.05) is 4.90 Å².